The molecule has 0 bridgehead atoms. The molecule has 0 heterocycles. The molecule has 9 heteroatoms. The molecule has 0 atom stereocenters. The molecular weight excluding hydrogens is 421 g/mol. The van der Waals surface area contributed by atoms with Gasteiger partial charge in [-0.1, -0.05) is 81.4 Å². The number of phenolic OH excluding ortho intramolecular Hbond substituents is 2. The van der Waals surface area contributed by atoms with Gasteiger partial charge in [-0.25, -0.2) is 0 Å². The van der Waals surface area contributed by atoms with Crippen LogP contribution in [0.2, 0.25) is 30.1 Å². The second kappa shape index (κ2) is 6.71. The molecule has 0 unspecified atom stereocenters. The van der Waals surface area contributed by atoms with Gasteiger partial charge in [-0.15, -0.1) is 0 Å². The van der Waals surface area contributed by atoms with Gasteiger partial charge in [0.2, 0.25) is 0 Å². The van der Waals surface area contributed by atoms with Gasteiger partial charge < -0.3 is 10.2 Å². The summed E-state index contributed by atoms with van der Waals surface area (Å²) in [5.41, 5.74) is 0. The molecule has 0 amide bonds. The summed E-state index contributed by atoms with van der Waals surface area (Å²) < 4.78 is 0. The molecule has 0 saturated carbocycles. The Hall–Kier alpha value is 0.130. The normalized spacial score (nSPS) is 11.0. The summed E-state index contributed by atoms with van der Waals surface area (Å²) in [4.78, 5) is 0.578. The standard InChI is InChI=1S/C12H4Cl6O2S/c13-3-1-4(14)6(15)5(2-3)21-12-8(17)7(16)10(19)9(18)11(12)20/h1-2,19-20H. The van der Waals surface area contributed by atoms with Crippen molar-refractivity contribution in [2.24, 2.45) is 0 Å². The molecule has 2 aromatic rings. The lowest BCUT2D eigenvalue weighted by Crippen LogP contribution is -1.85. The van der Waals surface area contributed by atoms with E-state index in [4.69, 9.17) is 69.6 Å². The molecule has 2 N–H and O–H groups in total. The van der Waals surface area contributed by atoms with Crippen LogP contribution in [0.3, 0.4) is 0 Å². The summed E-state index contributed by atoms with van der Waals surface area (Å²) in [6.45, 7) is 0. The molecule has 0 aliphatic rings. The maximum Gasteiger partial charge on any atom is 0.158 e. The fraction of sp³-hybridized carbons (Fsp3) is 0. The minimum atomic E-state index is -0.500. The fourth-order valence-corrected chi connectivity index (χ4v) is 4.09. The first-order chi connectivity index (χ1) is 9.73. The molecular formula is C12H4Cl6O2S. The summed E-state index contributed by atoms with van der Waals surface area (Å²) >= 11 is 36.6. The third kappa shape index (κ3) is 3.40. The molecule has 0 saturated heterocycles. The highest BCUT2D eigenvalue weighted by molar-refractivity contribution is 7.99. The summed E-state index contributed by atoms with van der Waals surface area (Å²) in [7, 11) is 0. The van der Waals surface area contributed by atoms with Crippen LogP contribution in [0, 0.1) is 0 Å². The molecule has 21 heavy (non-hydrogen) atoms. The second-order valence-corrected chi connectivity index (χ2v) is 7.18. The first-order valence-corrected chi connectivity index (χ1v) is 8.23. The van der Waals surface area contributed by atoms with Crippen LogP contribution in [-0.4, -0.2) is 10.2 Å². The average Bonchev–Trinajstić information content (AvgIpc) is 2.44. The van der Waals surface area contributed by atoms with E-state index in [0.29, 0.717) is 9.92 Å². The van der Waals surface area contributed by atoms with Crippen molar-refractivity contribution >= 4 is 81.4 Å². The highest BCUT2D eigenvalue weighted by Gasteiger charge is 2.22. The van der Waals surface area contributed by atoms with E-state index < -0.39 is 11.5 Å². The van der Waals surface area contributed by atoms with Crippen LogP contribution in [0.25, 0.3) is 0 Å². The topological polar surface area (TPSA) is 40.5 Å². The Bertz CT molecular complexity index is 705. The zero-order valence-electron chi connectivity index (χ0n) is 9.73. The van der Waals surface area contributed by atoms with Crippen LogP contribution in [0.1, 0.15) is 0 Å². The van der Waals surface area contributed by atoms with Gasteiger partial charge in [0, 0.05) is 9.92 Å². The smallest absolute Gasteiger partial charge is 0.158 e. The Morgan fingerprint density at radius 3 is 1.95 bits per heavy atom. The van der Waals surface area contributed by atoms with Crippen LogP contribution >= 0.6 is 81.4 Å². The SMILES string of the molecule is Oc1c(Cl)c(O)c(Sc2cc(Cl)cc(Cl)c2Cl)c(Cl)c1Cl. The van der Waals surface area contributed by atoms with Gasteiger partial charge in [-0.05, 0) is 12.1 Å². The summed E-state index contributed by atoms with van der Waals surface area (Å²) in [6.07, 6.45) is 0. The molecule has 0 aliphatic carbocycles. The second-order valence-electron chi connectivity index (χ2n) is 3.77. The Kier molecular flexibility index (Phi) is 5.59. The molecule has 2 aromatic carbocycles. The van der Waals surface area contributed by atoms with Gasteiger partial charge in [0.15, 0.2) is 11.5 Å². The predicted molar refractivity (Wildman–Crippen MR) is 90.4 cm³/mol. The van der Waals surface area contributed by atoms with Gasteiger partial charge in [-0.2, -0.15) is 0 Å². The van der Waals surface area contributed by atoms with Crippen molar-refractivity contribution in [3.05, 3.63) is 42.3 Å². The quantitative estimate of drug-likeness (QED) is 0.502. The number of hydrogen-bond acceptors (Lipinski definition) is 3. The first kappa shape index (κ1) is 17.5. The van der Waals surface area contributed by atoms with Crippen molar-refractivity contribution in [2.45, 2.75) is 9.79 Å². The number of benzene rings is 2. The number of phenols is 2. The van der Waals surface area contributed by atoms with Crippen LogP contribution in [0.5, 0.6) is 11.5 Å². The summed E-state index contributed by atoms with van der Waals surface area (Å²) in [6, 6.07) is 3.03. The molecule has 112 valence electrons. The summed E-state index contributed by atoms with van der Waals surface area (Å²) in [5.74, 6) is -0.916. The van der Waals surface area contributed by atoms with Gasteiger partial charge in [-0.3, -0.25) is 0 Å². The van der Waals surface area contributed by atoms with Crippen LogP contribution in [0.4, 0.5) is 0 Å². The zero-order chi connectivity index (χ0) is 15.9. The lowest BCUT2D eigenvalue weighted by Gasteiger charge is -2.13. The van der Waals surface area contributed by atoms with E-state index in [0.717, 1.165) is 11.8 Å². The fourth-order valence-electron chi connectivity index (χ4n) is 1.43. The maximum absolute atomic E-state index is 10.0. The molecule has 0 spiro atoms. The van der Waals surface area contributed by atoms with E-state index in [1.54, 1.807) is 6.07 Å². The van der Waals surface area contributed by atoms with E-state index >= 15 is 0 Å². The predicted octanol–water partition coefficient (Wildman–Crippen LogP) is 7.17. The van der Waals surface area contributed by atoms with E-state index in [1.807, 2.05) is 0 Å². The number of halogens is 6. The van der Waals surface area contributed by atoms with Crippen molar-refractivity contribution in [1.29, 1.82) is 0 Å². The van der Waals surface area contributed by atoms with Crippen LogP contribution in [0.15, 0.2) is 21.9 Å². The largest absolute Gasteiger partial charge is 0.505 e. The van der Waals surface area contributed by atoms with Gasteiger partial charge in [0.05, 0.1) is 20.0 Å². The van der Waals surface area contributed by atoms with Crippen LogP contribution < -0.4 is 0 Å². The minimum absolute atomic E-state index is 0.0618. The Balaban J connectivity index is 2.60. The van der Waals surface area contributed by atoms with Crippen molar-refractivity contribution in [2.75, 3.05) is 0 Å². The maximum atomic E-state index is 10.0. The highest BCUT2D eigenvalue weighted by atomic mass is 35.5. The van der Waals surface area contributed by atoms with E-state index in [9.17, 15) is 10.2 Å². The Morgan fingerprint density at radius 1 is 0.714 bits per heavy atom. The van der Waals surface area contributed by atoms with E-state index in [-0.39, 0.29) is 30.0 Å². The van der Waals surface area contributed by atoms with Crippen molar-refractivity contribution in [1.82, 2.24) is 0 Å². The number of rotatable bonds is 2. The molecule has 2 rings (SSSR count). The molecule has 0 aromatic heterocycles. The summed E-state index contributed by atoms with van der Waals surface area (Å²) in [5, 5.41) is 19.9. The van der Waals surface area contributed by atoms with Gasteiger partial charge in [0.25, 0.3) is 0 Å². The zero-order valence-corrected chi connectivity index (χ0v) is 15.1. The van der Waals surface area contributed by atoms with Crippen molar-refractivity contribution in [3.8, 4) is 11.5 Å². The number of aromatic hydroxyl groups is 2. The molecule has 0 aliphatic heterocycles. The van der Waals surface area contributed by atoms with Crippen molar-refractivity contribution < 1.29 is 10.2 Å². The lowest BCUT2D eigenvalue weighted by atomic mass is 10.3. The van der Waals surface area contributed by atoms with E-state index in [1.165, 1.54) is 6.07 Å². The monoisotopic (exact) mass is 422 g/mol. The first-order valence-electron chi connectivity index (χ1n) is 5.14. The molecule has 0 radical (unpaired) electrons. The number of hydrogen-bond donors (Lipinski definition) is 2. The third-order valence-corrected chi connectivity index (χ3v) is 5.99. The molecule has 2 nitrogen and oxygen atoms in total. The highest BCUT2D eigenvalue weighted by Crippen LogP contribution is 2.53. The van der Waals surface area contributed by atoms with Gasteiger partial charge in [0.1, 0.15) is 10.0 Å². The van der Waals surface area contributed by atoms with Crippen molar-refractivity contribution in [3.63, 3.8) is 0 Å². The van der Waals surface area contributed by atoms with Gasteiger partial charge >= 0.3 is 0 Å². The van der Waals surface area contributed by atoms with E-state index in [2.05, 4.69) is 0 Å². The Morgan fingerprint density at radius 2 is 1.33 bits per heavy atom. The Labute approximate surface area is 154 Å². The minimum Gasteiger partial charge on any atom is -0.505 e. The molecule has 0 fully saturated rings. The lowest BCUT2D eigenvalue weighted by molar-refractivity contribution is 0.442. The average molecular weight is 425 g/mol. The van der Waals surface area contributed by atoms with Crippen LogP contribution in [-0.2, 0) is 0 Å². The third-order valence-electron chi connectivity index (χ3n) is 2.40.